The second-order valence-electron chi connectivity index (χ2n) is 6.50. The molecule has 0 bridgehead atoms. The molecular weight excluding hydrogens is 400 g/mol. The largest absolute Gasteiger partial charge is 0.461 e. The maximum absolute atomic E-state index is 12.4. The summed E-state index contributed by atoms with van der Waals surface area (Å²) >= 11 is 1.25. The number of guanidine groups is 1. The standard InChI is InChI=1S/C21H20N6O2S/c1-13-9-15-10-16(3-4-17(15)29-13)26-20(22-2)27-21-25-12-18(30-21)19(28)24-11-14-5-7-23-8-6-14/h3-10,12H,11H2,1-2H3,(H,24,28)(H2,22,25,26,27). The molecule has 0 aliphatic carbocycles. The Morgan fingerprint density at radius 2 is 2.00 bits per heavy atom. The minimum absolute atomic E-state index is 0.180. The van der Waals surface area contributed by atoms with Crippen molar-refractivity contribution in [1.82, 2.24) is 15.3 Å². The molecule has 9 heteroatoms. The van der Waals surface area contributed by atoms with E-state index in [-0.39, 0.29) is 5.91 Å². The van der Waals surface area contributed by atoms with Gasteiger partial charge in [0.15, 0.2) is 5.13 Å². The van der Waals surface area contributed by atoms with E-state index in [0.717, 1.165) is 28.0 Å². The van der Waals surface area contributed by atoms with Crippen LogP contribution < -0.4 is 16.0 Å². The van der Waals surface area contributed by atoms with Crippen molar-refractivity contribution in [1.29, 1.82) is 0 Å². The number of nitrogens with zero attached hydrogens (tertiary/aromatic N) is 3. The first-order chi connectivity index (χ1) is 14.6. The average Bonchev–Trinajstić information content (AvgIpc) is 3.37. The molecule has 8 nitrogen and oxygen atoms in total. The highest BCUT2D eigenvalue weighted by atomic mass is 32.1. The molecule has 0 aliphatic heterocycles. The molecule has 0 saturated carbocycles. The lowest BCUT2D eigenvalue weighted by Crippen LogP contribution is -2.22. The lowest BCUT2D eigenvalue weighted by molar-refractivity contribution is 0.0954. The maximum Gasteiger partial charge on any atom is 0.263 e. The molecule has 0 atom stereocenters. The lowest BCUT2D eigenvalue weighted by Gasteiger charge is -2.09. The molecule has 0 spiro atoms. The van der Waals surface area contributed by atoms with E-state index in [1.165, 1.54) is 11.3 Å². The van der Waals surface area contributed by atoms with Crippen LogP contribution >= 0.6 is 11.3 Å². The fourth-order valence-corrected chi connectivity index (χ4v) is 3.57. The topological polar surface area (TPSA) is 104 Å². The monoisotopic (exact) mass is 420 g/mol. The number of hydrogen-bond acceptors (Lipinski definition) is 6. The first-order valence-electron chi connectivity index (χ1n) is 9.24. The molecule has 0 saturated heterocycles. The summed E-state index contributed by atoms with van der Waals surface area (Å²) < 4.78 is 5.60. The third-order valence-corrected chi connectivity index (χ3v) is 5.19. The van der Waals surface area contributed by atoms with Crippen molar-refractivity contribution in [3.05, 3.63) is 71.2 Å². The van der Waals surface area contributed by atoms with Gasteiger partial charge in [0.1, 0.15) is 16.2 Å². The van der Waals surface area contributed by atoms with Gasteiger partial charge >= 0.3 is 0 Å². The molecule has 3 heterocycles. The molecule has 3 aromatic heterocycles. The zero-order chi connectivity index (χ0) is 20.9. The number of amides is 1. The number of aromatic nitrogens is 2. The Bertz CT molecular complexity index is 1200. The molecule has 0 radical (unpaired) electrons. The summed E-state index contributed by atoms with van der Waals surface area (Å²) in [5.41, 5.74) is 2.68. The van der Waals surface area contributed by atoms with Crippen LogP contribution in [0.15, 0.2) is 64.4 Å². The van der Waals surface area contributed by atoms with Crippen molar-refractivity contribution in [2.24, 2.45) is 4.99 Å². The normalized spacial score (nSPS) is 11.5. The average molecular weight is 420 g/mol. The zero-order valence-electron chi connectivity index (χ0n) is 16.5. The van der Waals surface area contributed by atoms with Crippen LogP contribution in [0.3, 0.4) is 0 Å². The van der Waals surface area contributed by atoms with E-state index in [2.05, 4.69) is 30.9 Å². The van der Waals surface area contributed by atoms with E-state index in [1.807, 2.05) is 43.3 Å². The Morgan fingerprint density at radius 3 is 2.80 bits per heavy atom. The smallest absolute Gasteiger partial charge is 0.263 e. The molecule has 4 rings (SSSR count). The molecule has 1 aromatic carbocycles. The van der Waals surface area contributed by atoms with Gasteiger partial charge in [-0.15, -0.1) is 0 Å². The molecule has 1 amide bonds. The fraction of sp³-hybridized carbons (Fsp3) is 0.143. The predicted octanol–water partition coefficient (Wildman–Crippen LogP) is 4.03. The number of furan rings is 1. The summed E-state index contributed by atoms with van der Waals surface area (Å²) in [5, 5.41) is 10.8. The Labute approximate surface area is 177 Å². The Balaban J connectivity index is 1.38. The number of fused-ring (bicyclic) bond motifs is 1. The maximum atomic E-state index is 12.4. The number of rotatable bonds is 5. The van der Waals surface area contributed by atoms with Crippen molar-refractivity contribution in [3.63, 3.8) is 0 Å². The molecule has 0 unspecified atom stereocenters. The number of anilines is 2. The van der Waals surface area contributed by atoms with Gasteiger partial charge in [-0.1, -0.05) is 11.3 Å². The molecule has 4 aromatic rings. The Morgan fingerprint density at radius 1 is 1.17 bits per heavy atom. The van der Waals surface area contributed by atoms with Gasteiger partial charge in [0.05, 0.1) is 6.20 Å². The summed E-state index contributed by atoms with van der Waals surface area (Å²) in [6, 6.07) is 11.5. The van der Waals surface area contributed by atoms with Crippen molar-refractivity contribution in [3.8, 4) is 0 Å². The number of benzene rings is 1. The second-order valence-corrected chi connectivity index (χ2v) is 7.53. The van der Waals surface area contributed by atoms with Gasteiger partial charge in [-0.25, -0.2) is 4.98 Å². The van der Waals surface area contributed by atoms with Crippen molar-refractivity contribution in [2.75, 3.05) is 17.7 Å². The minimum Gasteiger partial charge on any atom is -0.461 e. The van der Waals surface area contributed by atoms with E-state index >= 15 is 0 Å². The highest BCUT2D eigenvalue weighted by molar-refractivity contribution is 7.17. The van der Waals surface area contributed by atoms with Gasteiger partial charge in [0.2, 0.25) is 5.96 Å². The van der Waals surface area contributed by atoms with E-state index in [0.29, 0.717) is 22.5 Å². The van der Waals surface area contributed by atoms with Crippen LogP contribution in [0.4, 0.5) is 10.8 Å². The van der Waals surface area contributed by atoms with Gasteiger partial charge in [0, 0.05) is 37.1 Å². The number of pyridine rings is 1. The number of carbonyl (C=O) groups is 1. The summed E-state index contributed by atoms with van der Waals surface area (Å²) in [6.07, 6.45) is 4.93. The van der Waals surface area contributed by atoms with Crippen LogP contribution in [0.25, 0.3) is 11.0 Å². The Kier molecular flexibility index (Phi) is 5.71. The first-order valence-corrected chi connectivity index (χ1v) is 10.1. The second kappa shape index (κ2) is 8.75. The summed E-state index contributed by atoms with van der Waals surface area (Å²) in [5.74, 6) is 1.20. The van der Waals surface area contributed by atoms with E-state index in [4.69, 9.17) is 4.42 Å². The minimum atomic E-state index is -0.180. The lowest BCUT2D eigenvalue weighted by atomic mass is 10.2. The van der Waals surface area contributed by atoms with Crippen LogP contribution in [0.2, 0.25) is 0 Å². The van der Waals surface area contributed by atoms with Gasteiger partial charge in [0.25, 0.3) is 5.91 Å². The highest BCUT2D eigenvalue weighted by Gasteiger charge is 2.12. The molecule has 0 aliphatic rings. The zero-order valence-corrected chi connectivity index (χ0v) is 17.3. The van der Waals surface area contributed by atoms with Crippen LogP contribution in [0.1, 0.15) is 21.0 Å². The highest BCUT2D eigenvalue weighted by Crippen LogP contribution is 2.23. The van der Waals surface area contributed by atoms with E-state index < -0.39 is 0 Å². The summed E-state index contributed by atoms with van der Waals surface area (Å²) in [6.45, 7) is 2.35. The molecular formula is C21H20N6O2S. The third kappa shape index (κ3) is 4.64. The first kappa shape index (κ1) is 19.6. The van der Waals surface area contributed by atoms with Crippen molar-refractivity contribution in [2.45, 2.75) is 13.5 Å². The van der Waals surface area contributed by atoms with Crippen LogP contribution in [0.5, 0.6) is 0 Å². The number of aliphatic imine (C=N–C) groups is 1. The SMILES string of the molecule is CN=C(Nc1ccc2oc(C)cc2c1)Nc1ncc(C(=O)NCc2ccncc2)s1. The van der Waals surface area contributed by atoms with Crippen LogP contribution in [0, 0.1) is 6.92 Å². The molecule has 3 N–H and O–H groups in total. The molecule has 30 heavy (non-hydrogen) atoms. The number of nitrogens with one attached hydrogen (secondary N) is 3. The molecule has 0 fully saturated rings. The van der Waals surface area contributed by atoms with E-state index in [1.54, 1.807) is 25.6 Å². The van der Waals surface area contributed by atoms with Gasteiger partial charge in [-0.05, 0) is 48.9 Å². The predicted molar refractivity (Wildman–Crippen MR) is 119 cm³/mol. The third-order valence-electron chi connectivity index (χ3n) is 4.28. The van der Waals surface area contributed by atoms with Gasteiger partial charge < -0.3 is 20.4 Å². The quantitative estimate of drug-likeness (QED) is 0.333. The number of carbonyl (C=O) groups excluding carboxylic acids is 1. The van der Waals surface area contributed by atoms with Crippen molar-refractivity contribution < 1.29 is 9.21 Å². The van der Waals surface area contributed by atoms with Crippen LogP contribution in [-0.2, 0) is 6.54 Å². The number of aryl methyl sites for hydroxylation is 1. The van der Waals surface area contributed by atoms with Crippen LogP contribution in [-0.4, -0.2) is 28.9 Å². The van der Waals surface area contributed by atoms with Gasteiger partial charge in [-0.2, -0.15) is 0 Å². The van der Waals surface area contributed by atoms with E-state index in [9.17, 15) is 4.79 Å². The Hall–Kier alpha value is -3.72. The molecule has 152 valence electrons. The summed E-state index contributed by atoms with van der Waals surface area (Å²) in [4.78, 5) is 25.3. The fourth-order valence-electron chi connectivity index (χ4n) is 2.84. The van der Waals surface area contributed by atoms with Crippen molar-refractivity contribution >= 4 is 45.0 Å². The number of hydrogen-bond donors (Lipinski definition) is 3. The van der Waals surface area contributed by atoms with Gasteiger partial charge in [-0.3, -0.25) is 14.8 Å². The summed E-state index contributed by atoms with van der Waals surface area (Å²) in [7, 11) is 1.67. The number of thiazole rings is 1.